The molecule has 0 aliphatic rings. The summed E-state index contributed by atoms with van der Waals surface area (Å²) >= 11 is 4.52. The second-order valence-corrected chi connectivity index (χ2v) is 10.2. The van der Waals surface area contributed by atoms with Crippen molar-refractivity contribution in [2.75, 3.05) is 5.32 Å². The molecule has 1 aromatic heterocycles. The quantitative estimate of drug-likeness (QED) is 0.365. The van der Waals surface area contributed by atoms with E-state index in [1.165, 1.54) is 24.3 Å². The largest absolute Gasteiger partial charge is 0.320 e. The number of nitrogens with one attached hydrogen (secondary N) is 1. The maximum Gasteiger partial charge on any atom is 0.284 e. The molecule has 32 heavy (non-hydrogen) atoms. The van der Waals surface area contributed by atoms with Crippen LogP contribution >= 0.6 is 27.3 Å². The zero-order valence-corrected chi connectivity index (χ0v) is 19.5. The van der Waals surface area contributed by atoms with Gasteiger partial charge >= 0.3 is 0 Å². The van der Waals surface area contributed by atoms with Crippen molar-refractivity contribution in [2.24, 2.45) is 5.14 Å². The number of hydrogen-bond donors (Lipinski definition) is 2. The van der Waals surface area contributed by atoms with Gasteiger partial charge in [0, 0.05) is 15.7 Å². The minimum absolute atomic E-state index is 0.0348. The van der Waals surface area contributed by atoms with Crippen LogP contribution in [0.3, 0.4) is 0 Å². The van der Waals surface area contributed by atoms with Crippen LogP contribution in [0.2, 0.25) is 0 Å². The third-order valence-corrected chi connectivity index (χ3v) is 6.99. The fourth-order valence-electron chi connectivity index (χ4n) is 2.96. The molecule has 0 aliphatic carbocycles. The molecule has 3 aromatic carbocycles. The number of nitrogens with zero attached hydrogens (tertiary/aromatic N) is 1. The molecule has 0 aliphatic heterocycles. The van der Waals surface area contributed by atoms with E-state index in [2.05, 4.69) is 26.2 Å². The molecule has 0 radical (unpaired) electrons. The monoisotopic (exact) mass is 531 g/mol. The van der Waals surface area contributed by atoms with Crippen LogP contribution in [-0.4, -0.2) is 19.3 Å². The zero-order chi connectivity index (χ0) is 22.9. The van der Waals surface area contributed by atoms with Crippen LogP contribution in [0.1, 0.15) is 9.80 Å². The van der Waals surface area contributed by atoms with Crippen LogP contribution in [0.4, 0.5) is 10.1 Å². The maximum absolute atomic E-state index is 13.4. The molecular weight excluding hydrogens is 517 g/mol. The number of carbonyl (C=O) groups excluding carboxylic acids is 1. The van der Waals surface area contributed by atoms with E-state index in [0.717, 1.165) is 15.8 Å². The minimum atomic E-state index is -3.84. The Morgan fingerprint density at radius 3 is 2.28 bits per heavy atom. The lowest BCUT2D eigenvalue weighted by Gasteiger charge is -2.04. The van der Waals surface area contributed by atoms with Gasteiger partial charge in [0.05, 0.1) is 15.5 Å². The SMILES string of the molecule is NS(=O)(=O)c1ccc(-c2nc(C(=O)Nc3cccc(Br)c3)sc2-c2ccc(F)cc2)cc1. The third-order valence-electron chi connectivity index (χ3n) is 4.47. The number of thiazole rings is 1. The number of rotatable bonds is 5. The second kappa shape index (κ2) is 8.91. The van der Waals surface area contributed by atoms with Crippen LogP contribution in [0, 0.1) is 5.82 Å². The Balaban J connectivity index is 1.76. The molecule has 0 spiro atoms. The van der Waals surface area contributed by atoms with E-state index in [9.17, 15) is 17.6 Å². The first-order valence-corrected chi connectivity index (χ1v) is 12.3. The number of carbonyl (C=O) groups is 1. The molecule has 1 heterocycles. The number of anilines is 1. The fraction of sp³-hybridized carbons (Fsp3) is 0. The van der Waals surface area contributed by atoms with Crippen molar-refractivity contribution >= 4 is 48.9 Å². The number of amides is 1. The molecule has 0 unspecified atom stereocenters. The highest BCUT2D eigenvalue weighted by Crippen LogP contribution is 2.37. The third kappa shape index (κ3) is 4.94. The summed E-state index contributed by atoms with van der Waals surface area (Å²) in [5, 5.41) is 8.18. The Morgan fingerprint density at radius 1 is 1.00 bits per heavy atom. The van der Waals surface area contributed by atoms with Crippen LogP contribution in [-0.2, 0) is 10.0 Å². The molecule has 0 atom stereocenters. The molecule has 4 aromatic rings. The number of aromatic nitrogens is 1. The molecular formula is C22H15BrFN3O3S2. The number of primary sulfonamides is 1. The normalized spacial score (nSPS) is 11.3. The molecule has 4 rings (SSSR count). The number of halogens is 2. The van der Waals surface area contributed by atoms with Gasteiger partial charge in [0.25, 0.3) is 5.91 Å². The molecule has 6 nitrogen and oxygen atoms in total. The lowest BCUT2D eigenvalue weighted by molar-refractivity contribution is 0.102. The Morgan fingerprint density at radius 2 is 1.66 bits per heavy atom. The highest BCUT2D eigenvalue weighted by atomic mass is 79.9. The zero-order valence-electron chi connectivity index (χ0n) is 16.2. The predicted octanol–water partition coefficient (Wildman–Crippen LogP) is 5.28. The van der Waals surface area contributed by atoms with Crippen molar-refractivity contribution in [2.45, 2.75) is 4.90 Å². The first kappa shape index (κ1) is 22.3. The molecule has 0 bridgehead atoms. The van der Waals surface area contributed by atoms with E-state index in [-0.39, 0.29) is 15.7 Å². The average Bonchev–Trinajstić information content (AvgIpc) is 3.19. The summed E-state index contributed by atoms with van der Waals surface area (Å²) in [6.45, 7) is 0. The van der Waals surface area contributed by atoms with Gasteiger partial charge in [0.1, 0.15) is 5.82 Å². The van der Waals surface area contributed by atoms with E-state index in [1.807, 2.05) is 6.07 Å². The van der Waals surface area contributed by atoms with Crippen molar-refractivity contribution in [1.29, 1.82) is 0 Å². The Labute approximate surface area is 196 Å². The van der Waals surface area contributed by atoms with Crippen molar-refractivity contribution in [3.63, 3.8) is 0 Å². The highest BCUT2D eigenvalue weighted by molar-refractivity contribution is 9.10. The van der Waals surface area contributed by atoms with Gasteiger partial charge < -0.3 is 5.32 Å². The predicted molar refractivity (Wildman–Crippen MR) is 126 cm³/mol. The van der Waals surface area contributed by atoms with Crippen LogP contribution in [0.25, 0.3) is 21.7 Å². The van der Waals surface area contributed by atoms with E-state index in [4.69, 9.17) is 5.14 Å². The summed E-state index contributed by atoms with van der Waals surface area (Å²) in [5.41, 5.74) is 2.34. The molecule has 0 fully saturated rings. The summed E-state index contributed by atoms with van der Waals surface area (Å²) < 4.78 is 37.4. The van der Waals surface area contributed by atoms with Gasteiger partial charge in [-0.15, -0.1) is 11.3 Å². The van der Waals surface area contributed by atoms with E-state index >= 15 is 0 Å². The Hall–Kier alpha value is -2.92. The van der Waals surface area contributed by atoms with Crippen LogP contribution < -0.4 is 10.5 Å². The van der Waals surface area contributed by atoms with Crippen molar-refractivity contribution in [3.05, 3.63) is 88.1 Å². The summed E-state index contributed by atoms with van der Waals surface area (Å²) in [4.78, 5) is 18.0. The molecule has 3 N–H and O–H groups in total. The lowest BCUT2D eigenvalue weighted by Crippen LogP contribution is -2.12. The van der Waals surface area contributed by atoms with E-state index in [0.29, 0.717) is 27.4 Å². The lowest BCUT2D eigenvalue weighted by atomic mass is 10.1. The van der Waals surface area contributed by atoms with Gasteiger partial charge in [0.2, 0.25) is 10.0 Å². The van der Waals surface area contributed by atoms with E-state index in [1.54, 1.807) is 42.5 Å². The second-order valence-electron chi connectivity index (χ2n) is 6.74. The smallest absolute Gasteiger partial charge is 0.284 e. The summed E-state index contributed by atoms with van der Waals surface area (Å²) in [5.74, 6) is -0.784. The topological polar surface area (TPSA) is 102 Å². The number of sulfonamides is 1. The Bertz CT molecular complexity index is 1400. The standard InChI is InChI=1S/C22H15BrFN3O3S2/c23-15-2-1-3-17(12-15)26-21(28)22-27-19(13-6-10-18(11-7-13)32(25,29)30)20(31-22)14-4-8-16(24)9-5-14/h1-12H,(H,26,28)(H2,25,29,30). The van der Waals surface area contributed by atoms with Crippen LogP contribution in [0.15, 0.2) is 82.2 Å². The van der Waals surface area contributed by atoms with Crippen molar-refractivity contribution < 1.29 is 17.6 Å². The number of hydrogen-bond acceptors (Lipinski definition) is 5. The van der Waals surface area contributed by atoms with Gasteiger partial charge in [-0.3, -0.25) is 4.79 Å². The van der Waals surface area contributed by atoms with Crippen molar-refractivity contribution in [1.82, 2.24) is 4.98 Å². The molecule has 1 amide bonds. The highest BCUT2D eigenvalue weighted by Gasteiger charge is 2.20. The average molecular weight is 532 g/mol. The maximum atomic E-state index is 13.4. The number of benzene rings is 3. The van der Waals surface area contributed by atoms with Gasteiger partial charge in [-0.05, 0) is 48.0 Å². The first-order valence-electron chi connectivity index (χ1n) is 9.17. The van der Waals surface area contributed by atoms with Gasteiger partial charge in [-0.2, -0.15) is 0 Å². The van der Waals surface area contributed by atoms with Gasteiger partial charge in [-0.25, -0.2) is 22.9 Å². The fourth-order valence-corrected chi connectivity index (χ4v) is 4.87. The number of nitrogens with two attached hydrogens (primary N) is 1. The van der Waals surface area contributed by atoms with Crippen molar-refractivity contribution in [3.8, 4) is 21.7 Å². The summed E-state index contributed by atoms with van der Waals surface area (Å²) in [6.07, 6.45) is 0. The summed E-state index contributed by atoms with van der Waals surface area (Å²) in [6, 6.07) is 18.9. The van der Waals surface area contributed by atoms with Gasteiger partial charge in [0.15, 0.2) is 5.01 Å². The molecule has 162 valence electrons. The molecule has 0 saturated heterocycles. The Kier molecular flexibility index (Phi) is 6.20. The first-order chi connectivity index (χ1) is 15.2. The van der Waals surface area contributed by atoms with Crippen LogP contribution in [0.5, 0.6) is 0 Å². The van der Waals surface area contributed by atoms with Gasteiger partial charge in [-0.1, -0.05) is 46.3 Å². The minimum Gasteiger partial charge on any atom is -0.320 e. The van der Waals surface area contributed by atoms with E-state index < -0.39 is 15.9 Å². The molecule has 0 saturated carbocycles. The molecule has 10 heteroatoms. The summed E-state index contributed by atoms with van der Waals surface area (Å²) in [7, 11) is -3.84.